The van der Waals surface area contributed by atoms with Crippen LogP contribution >= 0.6 is 0 Å². The second-order valence-electron chi connectivity index (χ2n) is 18.9. The minimum Gasteiger partial charge on any atom is -0.465 e. The zero-order valence-electron chi connectivity index (χ0n) is 32.0. The van der Waals surface area contributed by atoms with E-state index >= 15 is 0 Å². The molecule has 0 spiro atoms. The number of hydrogen-bond donors (Lipinski definition) is 2. The third-order valence-corrected chi connectivity index (χ3v) is 18.3. The van der Waals surface area contributed by atoms with Gasteiger partial charge in [-0.2, -0.15) is 0 Å². The van der Waals surface area contributed by atoms with Crippen LogP contribution in [0.25, 0.3) is 5.57 Å². The Morgan fingerprint density at radius 1 is 0.940 bits per heavy atom. The van der Waals surface area contributed by atoms with Gasteiger partial charge in [0.15, 0.2) is 9.84 Å². The normalized spacial score (nSPS) is 42.6. The number of carbonyl (C=O) groups is 1. The van der Waals surface area contributed by atoms with E-state index in [9.17, 15) is 13.2 Å². The van der Waals surface area contributed by atoms with E-state index in [-0.39, 0.29) is 39.2 Å². The molecule has 0 aromatic heterocycles. The molecule has 1 aromatic carbocycles. The van der Waals surface area contributed by atoms with Crippen molar-refractivity contribution in [3.63, 3.8) is 0 Å². The lowest BCUT2D eigenvalue weighted by atomic mass is 9.33. The third-order valence-electron chi connectivity index (χ3n) is 16.7. The molecule has 278 valence electrons. The summed E-state index contributed by atoms with van der Waals surface area (Å²) in [6.07, 6.45) is 13.8. The zero-order chi connectivity index (χ0) is 35.9. The van der Waals surface area contributed by atoms with Gasteiger partial charge in [0.25, 0.3) is 0 Å². The van der Waals surface area contributed by atoms with Crippen LogP contribution in [0.2, 0.25) is 0 Å². The molecule has 5 aliphatic carbocycles. The molecule has 50 heavy (non-hydrogen) atoms. The summed E-state index contributed by atoms with van der Waals surface area (Å²) in [5, 5.41) is 4.20. The molecule has 4 saturated carbocycles. The largest absolute Gasteiger partial charge is 0.465 e. The second kappa shape index (κ2) is 12.7. The molecule has 8 heteroatoms. The number of sulfone groups is 1. The average molecular weight is 708 g/mol. The first-order valence-electron chi connectivity index (χ1n) is 19.8. The lowest BCUT2D eigenvalue weighted by molar-refractivity contribution is -0.220. The van der Waals surface area contributed by atoms with Crippen molar-refractivity contribution in [3.05, 3.63) is 41.5 Å². The van der Waals surface area contributed by atoms with Gasteiger partial charge >= 0.3 is 5.97 Å². The summed E-state index contributed by atoms with van der Waals surface area (Å²) < 4.78 is 29.0. The number of esters is 1. The molecule has 0 radical (unpaired) electrons. The maximum absolute atomic E-state index is 12.1. The minimum atomic E-state index is -2.86. The van der Waals surface area contributed by atoms with Crippen molar-refractivity contribution in [1.29, 1.82) is 0 Å². The highest BCUT2D eigenvalue weighted by Crippen LogP contribution is 2.76. The van der Waals surface area contributed by atoms with E-state index in [0.29, 0.717) is 59.7 Å². The topological polar surface area (TPSA) is 102 Å². The third kappa shape index (κ3) is 5.58. The highest BCUT2D eigenvalue weighted by atomic mass is 32.2. The number of nitrogens with one attached hydrogen (secondary N) is 1. The van der Waals surface area contributed by atoms with Crippen LogP contribution in [0, 0.1) is 51.2 Å². The Bertz CT molecular complexity index is 1590. The highest BCUT2D eigenvalue weighted by molar-refractivity contribution is 7.91. The average Bonchev–Trinajstić information content (AvgIpc) is 3.45. The number of carbonyl (C=O) groups excluding carboxylic acids is 1. The number of benzene rings is 1. The van der Waals surface area contributed by atoms with Gasteiger partial charge in [0.2, 0.25) is 0 Å². The number of ether oxygens (including phenoxy) is 1. The van der Waals surface area contributed by atoms with Gasteiger partial charge in [-0.15, -0.1) is 0 Å². The van der Waals surface area contributed by atoms with Crippen LogP contribution in [0.4, 0.5) is 0 Å². The first kappa shape index (κ1) is 36.6. The maximum atomic E-state index is 12.1. The molecule has 0 unspecified atom stereocenters. The summed E-state index contributed by atoms with van der Waals surface area (Å²) in [5.41, 5.74) is 11.1. The number of nitrogens with two attached hydrogens (primary N) is 1. The molecule has 7 rings (SSSR count). The number of fused-ring (bicyclic) bond motifs is 7. The number of hydrogen-bond acceptors (Lipinski definition) is 7. The van der Waals surface area contributed by atoms with Crippen LogP contribution in [-0.2, 0) is 14.6 Å². The number of methoxy groups -OCH3 is 1. The fourth-order valence-electron chi connectivity index (χ4n) is 14.0. The minimum absolute atomic E-state index is 0.0363. The Kier molecular flexibility index (Phi) is 9.29. The SMILES string of the molecule is COC(=O)c1ccc(C2=CC[C@]3(C)[C@H]4CC[C@@H]5[C@H]6[C@H]([C@@H](C)N)CC[C@]6(NCCN6CCS(=O)(=O)CC6)CC[C@@]5(C)[C@]4(C)CC[C@H]3C2(C)C)cc1. The van der Waals surface area contributed by atoms with Crippen LogP contribution in [0.3, 0.4) is 0 Å². The van der Waals surface area contributed by atoms with Crippen LogP contribution in [-0.4, -0.2) is 75.7 Å². The Labute approximate surface area is 302 Å². The van der Waals surface area contributed by atoms with E-state index in [4.69, 9.17) is 10.5 Å². The van der Waals surface area contributed by atoms with Gasteiger partial charge < -0.3 is 20.7 Å². The second-order valence-corrected chi connectivity index (χ2v) is 21.2. The summed E-state index contributed by atoms with van der Waals surface area (Å²) in [7, 11) is -1.42. The lowest BCUT2D eigenvalue weighted by Crippen LogP contribution is -2.68. The van der Waals surface area contributed by atoms with Crippen LogP contribution < -0.4 is 11.1 Å². The van der Waals surface area contributed by atoms with E-state index < -0.39 is 9.84 Å². The predicted octanol–water partition coefficient (Wildman–Crippen LogP) is 6.97. The van der Waals surface area contributed by atoms with Gasteiger partial charge in [0, 0.05) is 37.8 Å². The van der Waals surface area contributed by atoms with Gasteiger partial charge in [-0.1, -0.05) is 52.8 Å². The summed E-state index contributed by atoms with van der Waals surface area (Å²) >= 11 is 0. The van der Waals surface area contributed by atoms with Crippen molar-refractivity contribution in [3.8, 4) is 0 Å². The van der Waals surface area contributed by atoms with Gasteiger partial charge in [0.05, 0.1) is 24.2 Å². The predicted molar refractivity (Wildman–Crippen MR) is 202 cm³/mol. The van der Waals surface area contributed by atoms with Crippen molar-refractivity contribution >= 4 is 21.4 Å². The Balaban J connectivity index is 1.14. The molecule has 7 nitrogen and oxygen atoms in total. The molecule has 1 aromatic rings. The number of rotatable bonds is 7. The van der Waals surface area contributed by atoms with Crippen LogP contribution in [0.15, 0.2) is 30.3 Å². The van der Waals surface area contributed by atoms with Gasteiger partial charge in [0.1, 0.15) is 0 Å². The molecule has 0 amide bonds. The molecule has 1 heterocycles. The van der Waals surface area contributed by atoms with E-state index in [0.717, 1.165) is 19.5 Å². The standard InChI is InChI=1S/C42H65N3O4S/c1-28(43)31-14-19-42(44-22-23-45-24-26-50(47,48)27-25-45)21-20-40(5)33(36(31)42)12-13-35-39(4)17-15-32(29-8-10-30(11-9-29)37(46)49-7)38(2,3)34(39)16-18-41(35,40)6/h8-11,15,28,31,33-36,44H,12-14,16-27,43H2,1-7H3/t28-,31+,33-,34+,35-,36-,39+,40-,41-,42+/m1/s1. The molecular weight excluding hydrogens is 643 g/mol. The monoisotopic (exact) mass is 707 g/mol. The molecule has 1 saturated heterocycles. The van der Waals surface area contributed by atoms with Crippen molar-refractivity contribution in [2.24, 2.45) is 57.0 Å². The highest BCUT2D eigenvalue weighted by Gasteiger charge is 2.70. The maximum Gasteiger partial charge on any atom is 0.337 e. The van der Waals surface area contributed by atoms with E-state index in [2.05, 4.69) is 70.0 Å². The fraction of sp³-hybridized carbons (Fsp3) is 0.786. The smallest absolute Gasteiger partial charge is 0.337 e. The number of allylic oxidation sites excluding steroid dienone is 2. The summed E-state index contributed by atoms with van der Waals surface area (Å²) in [4.78, 5) is 14.5. The summed E-state index contributed by atoms with van der Waals surface area (Å²) in [5.74, 6) is 3.40. The summed E-state index contributed by atoms with van der Waals surface area (Å²) in [6, 6.07) is 8.28. The molecular formula is C42H65N3O4S. The Hall–Kier alpha value is -1.74. The first-order chi connectivity index (χ1) is 23.5. The van der Waals surface area contributed by atoms with Crippen molar-refractivity contribution < 1.29 is 17.9 Å². The molecule has 5 fully saturated rings. The zero-order valence-corrected chi connectivity index (χ0v) is 32.8. The van der Waals surface area contributed by atoms with Crippen LogP contribution in [0.1, 0.15) is 115 Å². The van der Waals surface area contributed by atoms with Crippen LogP contribution in [0.5, 0.6) is 0 Å². The fourth-order valence-corrected chi connectivity index (χ4v) is 15.3. The molecule has 10 atom stereocenters. The van der Waals surface area contributed by atoms with E-state index in [1.165, 1.54) is 69.6 Å². The van der Waals surface area contributed by atoms with Gasteiger partial charge in [-0.25, -0.2) is 13.2 Å². The molecule has 1 aliphatic heterocycles. The molecule has 0 bridgehead atoms. The van der Waals surface area contributed by atoms with E-state index in [1.807, 2.05) is 12.1 Å². The molecule has 6 aliphatic rings. The Morgan fingerprint density at radius 2 is 1.64 bits per heavy atom. The van der Waals surface area contributed by atoms with E-state index in [1.54, 1.807) is 0 Å². The quantitative estimate of drug-likeness (QED) is 0.296. The Morgan fingerprint density at radius 3 is 2.30 bits per heavy atom. The summed E-state index contributed by atoms with van der Waals surface area (Å²) in [6.45, 7) is 18.5. The lowest BCUT2D eigenvalue weighted by Gasteiger charge is -2.72. The van der Waals surface area contributed by atoms with Crippen molar-refractivity contribution in [2.45, 2.75) is 111 Å². The van der Waals surface area contributed by atoms with Gasteiger partial charge in [-0.05, 0) is 139 Å². The van der Waals surface area contributed by atoms with Crippen molar-refractivity contribution in [1.82, 2.24) is 10.2 Å². The number of nitrogens with zero attached hydrogens (tertiary/aromatic N) is 1. The molecule has 3 N–H and O–H groups in total. The van der Waals surface area contributed by atoms with Gasteiger partial charge in [-0.3, -0.25) is 0 Å². The van der Waals surface area contributed by atoms with Crippen molar-refractivity contribution in [2.75, 3.05) is 44.8 Å². The first-order valence-corrected chi connectivity index (χ1v) is 21.7.